The summed E-state index contributed by atoms with van der Waals surface area (Å²) in [6.07, 6.45) is 4.08. The van der Waals surface area contributed by atoms with Crippen molar-refractivity contribution in [3.63, 3.8) is 0 Å². The van der Waals surface area contributed by atoms with E-state index in [2.05, 4.69) is 17.4 Å². The number of anilines is 2. The maximum absolute atomic E-state index is 5.82. The molecule has 4 N–H and O–H groups in total. The van der Waals surface area contributed by atoms with E-state index in [1.807, 2.05) is 45.0 Å². The van der Waals surface area contributed by atoms with Gasteiger partial charge in [-0.2, -0.15) is 4.37 Å². The first-order chi connectivity index (χ1) is 9.13. The van der Waals surface area contributed by atoms with Crippen LogP contribution in [0, 0.1) is 6.92 Å². The monoisotopic (exact) mass is 275 g/mol. The predicted molar refractivity (Wildman–Crippen MR) is 87.2 cm³/mol. The largest absolute Gasteiger partial charge is 0.397 e. The number of nitrogens with zero attached hydrogens (tertiary/aromatic N) is 1. The van der Waals surface area contributed by atoms with Gasteiger partial charge in [0.05, 0.1) is 17.1 Å². The van der Waals surface area contributed by atoms with Gasteiger partial charge in [0, 0.05) is 16.0 Å². The molecule has 0 saturated carbocycles. The van der Waals surface area contributed by atoms with Crippen LogP contribution in [-0.2, 0) is 0 Å². The van der Waals surface area contributed by atoms with E-state index in [9.17, 15) is 0 Å². The lowest BCUT2D eigenvalue weighted by molar-refractivity contribution is 1.49. The minimum absolute atomic E-state index is 0.597. The summed E-state index contributed by atoms with van der Waals surface area (Å²) in [7, 11) is 0. The van der Waals surface area contributed by atoms with E-state index >= 15 is 0 Å². The molecule has 0 atom stereocenters. The van der Waals surface area contributed by atoms with Gasteiger partial charge in [0.15, 0.2) is 0 Å². The SMILES string of the molecule is C/C=C\c1c(-c2ccc(N)c(N)c2)nsc1C.CC. The van der Waals surface area contributed by atoms with Crippen molar-refractivity contribution in [2.24, 2.45) is 0 Å². The molecule has 0 aliphatic rings. The highest BCUT2D eigenvalue weighted by atomic mass is 32.1. The molecule has 0 amide bonds. The van der Waals surface area contributed by atoms with Crippen LogP contribution < -0.4 is 11.5 Å². The summed E-state index contributed by atoms with van der Waals surface area (Å²) in [6, 6.07) is 5.64. The van der Waals surface area contributed by atoms with Gasteiger partial charge in [0.2, 0.25) is 0 Å². The molecule has 102 valence electrons. The van der Waals surface area contributed by atoms with Gasteiger partial charge >= 0.3 is 0 Å². The zero-order chi connectivity index (χ0) is 14.4. The highest BCUT2D eigenvalue weighted by molar-refractivity contribution is 7.06. The zero-order valence-electron chi connectivity index (χ0n) is 11.9. The number of nitrogens with two attached hydrogens (primary N) is 2. The van der Waals surface area contributed by atoms with Crippen molar-refractivity contribution in [3.05, 3.63) is 34.7 Å². The first kappa shape index (κ1) is 15.2. The van der Waals surface area contributed by atoms with E-state index in [-0.39, 0.29) is 0 Å². The molecular weight excluding hydrogens is 254 g/mol. The molecule has 0 spiro atoms. The van der Waals surface area contributed by atoms with Crippen LogP contribution in [0.2, 0.25) is 0 Å². The van der Waals surface area contributed by atoms with Crippen molar-refractivity contribution in [2.75, 3.05) is 11.5 Å². The zero-order valence-corrected chi connectivity index (χ0v) is 12.7. The Labute approximate surface area is 119 Å². The number of hydrogen-bond donors (Lipinski definition) is 2. The third-order valence-corrected chi connectivity index (χ3v) is 3.37. The number of nitrogen functional groups attached to an aromatic ring is 2. The molecule has 1 aromatic heterocycles. The number of aryl methyl sites for hydroxylation is 1. The molecule has 19 heavy (non-hydrogen) atoms. The van der Waals surface area contributed by atoms with E-state index in [4.69, 9.17) is 11.5 Å². The first-order valence-electron chi connectivity index (χ1n) is 6.38. The molecule has 0 aliphatic carbocycles. The maximum Gasteiger partial charge on any atom is 0.0916 e. The van der Waals surface area contributed by atoms with Crippen molar-refractivity contribution in [3.8, 4) is 11.3 Å². The minimum atomic E-state index is 0.597. The quantitative estimate of drug-likeness (QED) is 0.801. The Balaban J connectivity index is 0.000000861. The lowest BCUT2D eigenvalue weighted by atomic mass is 10.0. The van der Waals surface area contributed by atoms with Crippen LogP contribution in [0.3, 0.4) is 0 Å². The topological polar surface area (TPSA) is 64.9 Å². The third-order valence-electron chi connectivity index (χ3n) is 2.60. The number of hydrogen-bond acceptors (Lipinski definition) is 4. The smallest absolute Gasteiger partial charge is 0.0916 e. The molecule has 0 fully saturated rings. The van der Waals surface area contributed by atoms with Crippen LogP contribution in [0.25, 0.3) is 17.3 Å². The van der Waals surface area contributed by atoms with E-state index < -0.39 is 0 Å². The second-order valence-electron chi connectivity index (χ2n) is 3.84. The van der Waals surface area contributed by atoms with Crippen LogP contribution in [0.5, 0.6) is 0 Å². The van der Waals surface area contributed by atoms with Crippen LogP contribution in [0.15, 0.2) is 24.3 Å². The Morgan fingerprint density at radius 3 is 2.42 bits per heavy atom. The highest BCUT2D eigenvalue weighted by Crippen LogP contribution is 2.31. The van der Waals surface area contributed by atoms with Gasteiger partial charge in [0.25, 0.3) is 0 Å². The summed E-state index contributed by atoms with van der Waals surface area (Å²) in [4.78, 5) is 1.20. The van der Waals surface area contributed by atoms with Crippen molar-refractivity contribution in [1.29, 1.82) is 0 Å². The second-order valence-corrected chi connectivity index (χ2v) is 4.82. The number of benzene rings is 1. The van der Waals surface area contributed by atoms with Crippen molar-refractivity contribution >= 4 is 29.0 Å². The second kappa shape index (κ2) is 6.95. The van der Waals surface area contributed by atoms with Crippen molar-refractivity contribution in [1.82, 2.24) is 4.37 Å². The maximum atomic E-state index is 5.82. The van der Waals surface area contributed by atoms with Gasteiger partial charge in [-0.1, -0.05) is 32.1 Å². The summed E-state index contributed by atoms with van der Waals surface area (Å²) >= 11 is 1.50. The first-order valence-corrected chi connectivity index (χ1v) is 7.15. The summed E-state index contributed by atoms with van der Waals surface area (Å²) < 4.78 is 4.47. The average Bonchev–Trinajstić information content (AvgIpc) is 2.78. The van der Waals surface area contributed by atoms with Crippen molar-refractivity contribution in [2.45, 2.75) is 27.7 Å². The van der Waals surface area contributed by atoms with Crippen LogP contribution in [0.1, 0.15) is 31.2 Å². The fraction of sp³-hybridized carbons (Fsp3) is 0.267. The molecule has 0 bridgehead atoms. The Morgan fingerprint density at radius 1 is 1.16 bits per heavy atom. The molecule has 2 aromatic rings. The molecule has 0 saturated heterocycles. The van der Waals surface area contributed by atoms with Gasteiger partial charge in [-0.3, -0.25) is 0 Å². The van der Waals surface area contributed by atoms with Crippen molar-refractivity contribution < 1.29 is 0 Å². The van der Waals surface area contributed by atoms with Crippen LogP contribution >= 0.6 is 11.5 Å². The van der Waals surface area contributed by atoms with Gasteiger partial charge in [-0.25, -0.2) is 0 Å². The highest BCUT2D eigenvalue weighted by Gasteiger charge is 2.10. The molecule has 0 unspecified atom stereocenters. The lowest BCUT2D eigenvalue weighted by Gasteiger charge is -2.04. The molecule has 0 radical (unpaired) electrons. The summed E-state index contributed by atoms with van der Waals surface area (Å²) in [6.45, 7) is 8.06. The Morgan fingerprint density at radius 2 is 1.84 bits per heavy atom. The minimum Gasteiger partial charge on any atom is -0.397 e. The fourth-order valence-corrected chi connectivity index (χ4v) is 2.37. The van der Waals surface area contributed by atoms with E-state index in [1.165, 1.54) is 16.4 Å². The molecule has 4 heteroatoms. The summed E-state index contributed by atoms with van der Waals surface area (Å²) in [5.41, 5.74) is 15.9. The average molecular weight is 275 g/mol. The molecule has 0 aliphatic heterocycles. The van der Waals surface area contributed by atoms with Crippen LogP contribution in [0.4, 0.5) is 11.4 Å². The molecule has 1 aromatic carbocycles. The molecular formula is C15H21N3S. The van der Waals surface area contributed by atoms with Gasteiger partial charge < -0.3 is 11.5 Å². The Bertz CT molecular complexity index is 571. The molecule has 3 nitrogen and oxygen atoms in total. The predicted octanol–water partition coefficient (Wildman–Crippen LogP) is 4.34. The standard InChI is InChI=1S/C13H15N3S.C2H6/c1-3-4-10-8(2)17-16-13(10)9-5-6-11(14)12(15)7-9;1-2/h3-7H,14-15H2,1-2H3;1-2H3/b4-3-;. The summed E-state index contributed by atoms with van der Waals surface area (Å²) in [5, 5.41) is 0. The number of allylic oxidation sites excluding steroid dienone is 1. The molecule has 1 heterocycles. The van der Waals surface area contributed by atoms with E-state index in [0.29, 0.717) is 11.4 Å². The van der Waals surface area contributed by atoms with Crippen LogP contribution in [-0.4, -0.2) is 4.37 Å². The number of aromatic nitrogens is 1. The molecule has 2 rings (SSSR count). The van der Waals surface area contributed by atoms with E-state index in [1.54, 1.807) is 0 Å². The van der Waals surface area contributed by atoms with Gasteiger partial charge in [-0.05, 0) is 37.5 Å². The lowest BCUT2D eigenvalue weighted by Crippen LogP contribution is -1.94. The fourth-order valence-electron chi connectivity index (χ4n) is 1.67. The van der Waals surface area contributed by atoms with Gasteiger partial charge in [0.1, 0.15) is 0 Å². The van der Waals surface area contributed by atoms with E-state index in [0.717, 1.165) is 16.8 Å². The third kappa shape index (κ3) is 3.35. The normalized spacial score (nSPS) is 10.3. The Hall–Kier alpha value is -1.81. The van der Waals surface area contributed by atoms with Gasteiger partial charge in [-0.15, -0.1) is 0 Å². The number of rotatable bonds is 2. The summed E-state index contributed by atoms with van der Waals surface area (Å²) in [5.74, 6) is 0. The Kier molecular flexibility index (Phi) is 5.57.